The molecule has 1 saturated heterocycles. The predicted molar refractivity (Wildman–Crippen MR) is 97.0 cm³/mol. The van der Waals surface area contributed by atoms with Gasteiger partial charge in [0.15, 0.2) is 0 Å². The summed E-state index contributed by atoms with van der Waals surface area (Å²) in [6.45, 7) is 2.21. The van der Waals surface area contributed by atoms with Crippen LogP contribution in [0.1, 0.15) is 64.7 Å². The smallest absolute Gasteiger partial charge is 0.303 e. The number of carbonyl (C=O) groups is 1. The molecule has 0 aromatic heterocycles. The van der Waals surface area contributed by atoms with Gasteiger partial charge in [-0.15, -0.1) is 0 Å². The zero-order valence-corrected chi connectivity index (χ0v) is 14.8. The fraction of sp³-hybridized carbons (Fsp3) is 0.650. The number of allylic oxidation sites excluding steroid dienone is 2. The molecule has 0 saturated carbocycles. The van der Waals surface area contributed by atoms with E-state index in [1.165, 1.54) is 19.3 Å². The van der Waals surface area contributed by atoms with Crippen molar-refractivity contribution in [1.29, 1.82) is 0 Å². The van der Waals surface area contributed by atoms with E-state index in [1.54, 1.807) is 6.08 Å². The van der Waals surface area contributed by atoms with Crippen molar-refractivity contribution in [2.24, 2.45) is 0 Å². The van der Waals surface area contributed by atoms with E-state index in [1.807, 2.05) is 18.2 Å². The summed E-state index contributed by atoms with van der Waals surface area (Å²) in [6, 6.07) is 0. The van der Waals surface area contributed by atoms with Gasteiger partial charge in [0.1, 0.15) is 6.10 Å². The highest BCUT2D eigenvalue weighted by Crippen LogP contribution is 2.27. The highest BCUT2D eigenvalue weighted by atomic mass is 16.6. The molecule has 4 nitrogen and oxygen atoms in total. The van der Waals surface area contributed by atoms with Crippen LogP contribution in [0.3, 0.4) is 0 Å². The van der Waals surface area contributed by atoms with Crippen molar-refractivity contribution >= 4 is 5.97 Å². The maximum Gasteiger partial charge on any atom is 0.303 e. The summed E-state index contributed by atoms with van der Waals surface area (Å²) in [5, 5.41) is 18.4. The Bertz CT molecular complexity index is 425. The van der Waals surface area contributed by atoms with E-state index in [0.717, 1.165) is 19.3 Å². The fourth-order valence-electron chi connectivity index (χ4n) is 2.42. The molecule has 136 valence electrons. The Balaban J connectivity index is 2.04. The van der Waals surface area contributed by atoms with Gasteiger partial charge in [-0.3, -0.25) is 4.79 Å². The Hall–Kier alpha value is -1.39. The number of unbranched alkanes of at least 4 members (excludes halogenated alkanes) is 4. The molecule has 0 spiro atoms. The third-order valence-electron chi connectivity index (χ3n) is 3.96. The van der Waals surface area contributed by atoms with Gasteiger partial charge in [0.2, 0.25) is 0 Å². The van der Waals surface area contributed by atoms with Crippen molar-refractivity contribution in [3.63, 3.8) is 0 Å². The van der Waals surface area contributed by atoms with Crippen molar-refractivity contribution in [1.82, 2.24) is 0 Å². The zero-order valence-electron chi connectivity index (χ0n) is 14.8. The molecular formula is C20H32O4. The minimum absolute atomic E-state index is 0.138. The molecule has 1 fully saturated rings. The van der Waals surface area contributed by atoms with Crippen LogP contribution in [0.15, 0.2) is 36.5 Å². The second-order valence-corrected chi connectivity index (χ2v) is 6.29. The maximum absolute atomic E-state index is 10.4. The lowest BCUT2D eigenvalue weighted by Gasteiger charge is -1.99. The normalized spacial score (nSPS) is 21.9. The Morgan fingerprint density at radius 1 is 1.12 bits per heavy atom. The number of aliphatic hydroxyl groups excluding tert-OH is 1. The minimum Gasteiger partial charge on any atom is -0.481 e. The summed E-state index contributed by atoms with van der Waals surface area (Å²) in [5.41, 5.74) is 0. The quantitative estimate of drug-likeness (QED) is 0.280. The number of rotatable bonds is 14. The number of ether oxygens (including phenoxy) is 1. The molecule has 3 atom stereocenters. The molecule has 1 aliphatic heterocycles. The Labute approximate surface area is 145 Å². The van der Waals surface area contributed by atoms with E-state index in [2.05, 4.69) is 19.1 Å². The molecule has 0 aliphatic carbocycles. The van der Waals surface area contributed by atoms with Gasteiger partial charge in [-0.25, -0.2) is 0 Å². The fourth-order valence-corrected chi connectivity index (χ4v) is 2.42. The van der Waals surface area contributed by atoms with E-state index in [4.69, 9.17) is 9.84 Å². The van der Waals surface area contributed by atoms with E-state index in [0.29, 0.717) is 12.8 Å². The third kappa shape index (κ3) is 11.2. The molecule has 0 aromatic carbocycles. The highest BCUT2D eigenvalue weighted by molar-refractivity contribution is 5.66. The number of aliphatic hydroxyl groups is 1. The first-order chi connectivity index (χ1) is 11.6. The molecule has 1 heterocycles. The molecular weight excluding hydrogens is 304 g/mol. The number of epoxide rings is 1. The number of hydrogen-bond acceptors (Lipinski definition) is 3. The van der Waals surface area contributed by atoms with Crippen molar-refractivity contribution < 1.29 is 19.7 Å². The first-order valence-corrected chi connectivity index (χ1v) is 9.17. The molecule has 0 amide bonds. The van der Waals surface area contributed by atoms with Crippen LogP contribution in [0, 0.1) is 0 Å². The topological polar surface area (TPSA) is 70.1 Å². The van der Waals surface area contributed by atoms with Gasteiger partial charge < -0.3 is 14.9 Å². The van der Waals surface area contributed by atoms with Crippen LogP contribution < -0.4 is 0 Å². The average Bonchev–Trinajstić information content (AvgIpc) is 3.30. The molecule has 0 radical (unpaired) electrons. The summed E-state index contributed by atoms with van der Waals surface area (Å²) in [6.07, 6.45) is 19.9. The van der Waals surface area contributed by atoms with Gasteiger partial charge in [-0.05, 0) is 38.5 Å². The minimum atomic E-state index is -0.763. The van der Waals surface area contributed by atoms with Gasteiger partial charge >= 0.3 is 5.97 Å². The van der Waals surface area contributed by atoms with E-state index >= 15 is 0 Å². The van der Waals surface area contributed by atoms with Crippen molar-refractivity contribution in [2.75, 3.05) is 0 Å². The zero-order chi connectivity index (χ0) is 17.6. The second kappa shape index (κ2) is 13.0. The summed E-state index contributed by atoms with van der Waals surface area (Å²) in [4.78, 5) is 10.4. The Morgan fingerprint density at radius 2 is 1.88 bits per heavy atom. The molecule has 4 heteroatoms. The summed E-state index contributed by atoms with van der Waals surface area (Å²) < 4.78 is 5.55. The lowest BCUT2D eigenvalue weighted by atomic mass is 10.1. The molecule has 2 N–H and O–H groups in total. The van der Waals surface area contributed by atoms with Gasteiger partial charge in [0.25, 0.3) is 0 Å². The van der Waals surface area contributed by atoms with E-state index in [-0.39, 0.29) is 18.6 Å². The lowest BCUT2D eigenvalue weighted by Crippen LogP contribution is -2.00. The van der Waals surface area contributed by atoms with E-state index in [9.17, 15) is 9.90 Å². The van der Waals surface area contributed by atoms with Gasteiger partial charge in [0.05, 0.1) is 12.2 Å². The van der Waals surface area contributed by atoms with Crippen molar-refractivity contribution in [3.05, 3.63) is 36.5 Å². The lowest BCUT2D eigenvalue weighted by molar-refractivity contribution is -0.137. The maximum atomic E-state index is 10.4. The molecule has 1 aliphatic rings. The monoisotopic (exact) mass is 336 g/mol. The molecule has 24 heavy (non-hydrogen) atoms. The largest absolute Gasteiger partial charge is 0.481 e. The van der Waals surface area contributed by atoms with Crippen LogP contribution >= 0.6 is 0 Å². The van der Waals surface area contributed by atoms with Crippen LogP contribution in [-0.2, 0) is 9.53 Å². The molecule has 0 aromatic rings. The number of carboxylic acid groups (broad SMARTS) is 1. The average molecular weight is 336 g/mol. The molecule has 3 unspecified atom stereocenters. The summed E-state index contributed by atoms with van der Waals surface area (Å²) >= 11 is 0. The van der Waals surface area contributed by atoms with Crippen LogP contribution in [0.5, 0.6) is 0 Å². The van der Waals surface area contributed by atoms with Crippen LogP contribution in [0.25, 0.3) is 0 Å². The molecule has 0 bridgehead atoms. The first kappa shape index (κ1) is 20.7. The Morgan fingerprint density at radius 3 is 2.62 bits per heavy atom. The number of carboxylic acids is 1. The second-order valence-electron chi connectivity index (χ2n) is 6.29. The standard InChI is InChI=1S/C20H32O4/c1-2-3-4-5-6-10-13-18-19(24-18)16-15-17(21)12-9-7-8-11-14-20(22)23/h6-7,9-10,15-19,21H,2-5,8,11-14H2,1H3,(H,22,23). The molecule has 1 rings (SSSR count). The van der Waals surface area contributed by atoms with Gasteiger partial charge in [-0.2, -0.15) is 0 Å². The SMILES string of the molecule is CCCCCC=CCC1OC1C=CC(O)CC=CCCCC(=O)O. The van der Waals surface area contributed by atoms with Crippen LogP contribution in [0.4, 0.5) is 0 Å². The van der Waals surface area contributed by atoms with Crippen LogP contribution in [-0.4, -0.2) is 34.5 Å². The highest BCUT2D eigenvalue weighted by Gasteiger charge is 2.34. The van der Waals surface area contributed by atoms with Crippen molar-refractivity contribution in [2.45, 2.75) is 83.0 Å². The van der Waals surface area contributed by atoms with Gasteiger partial charge in [-0.1, -0.05) is 56.2 Å². The summed E-state index contributed by atoms with van der Waals surface area (Å²) in [7, 11) is 0. The third-order valence-corrected chi connectivity index (χ3v) is 3.96. The predicted octanol–water partition coefficient (Wildman–Crippen LogP) is 4.40. The number of hydrogen-bond donors (Lipinski definition) is 2. The summed E-state index contributed by atoms with van der Waals surface area (Å²) in [5.74, 6) is -0.763. The number of aliphatic carboxylic acids is 1. The Kier molecular flexibility index (Phi) is 11.2. The van der Waals surface area contributed by atoms with Gasteiger partial charge in [0, 0.05) is 6.42 Å². The van der Waals surface area contributed by atoms with E-state index < -0.39 is 12.1 Å². The van der Waals surface area contributed by atoms with Crippen LogP contribution in [0.2, 0.25) is 0 Å². The van der Waals surface area contributed by atoms with Crippen molar-refractivity contribution in [3.8, 4) is 0 Å². The first-order valence-electron chi connectivity index (χ1n) is 9.17.